The number of carbonyl (C=O) groups is 2. The molecule has 1 aliphatic carbocycles. The van der Waals surface area contributed by atoms with Crippen LogP contribution < -0.4 is 5.32 Å². The van der Waals surface area contributed by atoms with E-state index < -0.39 is 30.4 Å². The van der Waals surface area contributed by atoms with Crippen LogP contribution in [0.1, 0.15) is 60.7 Å². The lowest BCUT2D eigenvalue weighted by molar-refractivity contribution is 0.00578. The number of carboxylic acid groups (broad SMARTS) is 1. The van der Waals surface area contributed by atoms with Gasteiger partial charge in [-0.05, 0) is 73.1 Å². The third-order valence-corrected chi connectivity index (χ3v) is 8.42. The second-order valence-electron chi connectivity index (χ2n) is 11.0. The van der Waals surface area contributed by atoms with E-state index in [9.17, 15) is 14.7 Å². The number of amides is 1. The lowest BCUT2D eigenvalue weighted by Gasteiger charge is -2.32. The third kappa shape index (κ3) is 5.46. The molecule has 1 heterocycles. The van der Waals surface area contributed by atoms with Crippen molar-refractivity contribution >= 4 is 41.2 Å². The molecule has 2 N–H and O–H groups in total. The highest BCUT2D eigenvalue weighted by Gasteiger charge is 2.52. The summed E-state index contributed by atoms with van der Waals surface area (Å²) in [6.45, 7) is 7.98. The van der Waals surface area contributed by atoms with Gasteiger partial charge in [0.2, 0.25) is 0 Å². The van der Waals surface area contributed by atoms with Gasteiger partial charge in [-0.3, -0.25) is 0 Å². The molecule has 2 aliphatic rings. The largest absolute Gasteiger partial charge is 0.492 e. The Morgan fingerprint density at radius 2 is 1.55 bits per heavy atom. The highest BCUT2D eigenvalue weighted by atomic mass is 79.9. The number of ether oxygens (including phenoxy) is 1. The summed E-state index contributed by atoms with van der Waals surface area (Å²) in [7, 11) is -0.788. The molecule has 3 aromatic rings. The number of carboxylic acids is 1. The van der Waals surface area contributed by atoms with E-state index in [1.165, 1.54) is 6.07 Å². The van der Waals surface area contributed by atoms with Gasteiger partial charge in [0, 0.05) is 16.9 Å². The smallest absolute Gasteiger partial charge is 0.478 e. The van der Waals surface area contributed by atoms with Crippen LogP contribution in [0, 0.1) is 0 Å². The highest BCUT2D eigenvalue weighted by Crippen LogP contribution is 2.44. The Balaban J connectivity index is 1.34. The zero-order valence-corrected chi connectivity index (χ0v) is 24.4. The average Bonchev–Trinajstić information content (AvgIpc) is 3.34. The maximum atomic E-state index is 12.9. The predicted molar refractivity (Wildman–Crippen MR) is 158 cm³/mol. The minimum atomic E-state index is -1.06. The summed E-state index contributed by atoms with van der Waals surface area (Å²) >= 11 is 3.34. The van der Waals surface area contributed by atoms with E-state index in [2.05, 4.69) is 45.5 Å². The van der Waals surface area contributed by atoms with Crippen LogP contribution in [-0.2, 0) is 14.0 Å². The molecule has 1 saturated heterocycles. The number of fused-ring (bicyclic) bond motifs is 3. The number of halogens is 1. The molecule has 1 amide bonds. The van der Waals surface area contributed by atoms with E-state index in [-0.39, 0.29) is 24.6 Å². The molecule has 0 bridgehead atoms. The average molecular weight is 604 g/mol. The summed E-state index contributed by atoms with van der Waals surface area (Å²) in [5, 5.41) is 12.6. The van der Waals surface area contributed by atoms with E-state index in [4.69, 9.17) is 14.0 Å². The van der Waals surface area contributed by atoms with Crippen LogP contribution in [0.25, 0.3) is 17.2 Å². The van der Waals surface area contributed by atoms with Gasteiger partial charge in [0.1, 0.15) is 6.61 Å². The number of alkyl carbamates (subject to hydrolysis) is 1. The van der Waals surface area contributed by atoms with Crippen molar-refractivity contribution in [3.8, 4) is 11.1 Å². The van der Waals surface area contributed by atoms with Crippen molar-refractivity contribution < 1.29 is 28.7 Å². The first kappa shape index (κ1) is 28.1. The maximum Gasteiger partial charge on any atom is 0.492 e. The van der Waals surface area contributed by atoms with E-state index in [1.807, 2.05) is 52.0 Å². The number of hydrogen-bond donors (Lipinski definition) is 2. The SMILES string of the molecule is CC1(C)OB(C(=Cc2ccc(Br)cc2C(=O)O)CNC(=O)OCC2c3ccccc3-c3ccccc32)OC1(C)C. The predicted octanol–water partition coefficient (Wildman–Crippen LogP) is 6.70. The van der Waals surface area contributed by atoms with Gasteiger partial charge in [0.15, 0.2) is 0 Å². The van der Waals surface area contributed by atoms with Gasteiger partial charge in [-0.1, -0.05) is 76.6 Å². The number of benzene rings is 3. The Morgan fingerprint density at radius 3 is 2.12 bits per heavy atom. The van der Waals surface area contributed by atoms with E-state index in [0.29, 0.717) is 15.5 Å². The summed E-state index contributed by atoms with van der Waals surface area (Å²) in [6, 6.07) is 21.3. The van der Waals surface area contributed by atoms with Gasteiger partial charge < -0.3 is 24.5 Å². The molecule has 0 aromatic heterocycles. The van der Waals surface area contributed by atoms with Crippen molar-refractivity contribution in [1.29, 1.82) is 0 Å². The van der Waals surface area contributed by atoms with Crippen LogP contribution in [0.3, 0.4) is 0 Å². The van der Waals surface area contributed by atoms with Crippen LogP contribution in [0.4, 0.5) is 4.79 Å². The van der Waals surface area contributed by atoms with Crippen molar-refractivity contribution in [2.75, 3.05) is 13.2 Å². The van der Waals surface area contributed by atoms with Crippen molar-refractivity contribution in [1.82, 2.24) is 5.32 Å². The summed E-state index contributed by atoms with van der Waals surface area (Å²) in [5.74, 6) is -1.12. The fourth-order valence-electron chi connectivity index (χ4n) is 5.06. The summed E-state index contributed by atoms with van der Waals surface area (Å²) in [4.78, 5) is 24.9. The lowest BCUT2D eigenvalue weighted by atomic mass is 9.76. The minimum Gasteiger partial charge on any atom is -0.478 e. The molecular formula is C31H31BBrNO6. The zero-order valence-electron chi connectivity index (χ0n) is 22.9. The summed E-state index contributed by atoms with van der Waals surface area (Å²) in [6.07, 6.45) is 1.11. The molecule has 5 rings (SSSR count). The second kappa shape index (κ2) is 10.9. The molecule has 0 spiro atoms. The van der Waals surface area contributed by atoms with Gasteiger partial charge in [-0.2, -0.15) is 0 Å². The minimum absolute atomic E-state index is 0.0443. The van der Waals surface area contributed by atoms with E-state index in [1.54, 1.807) is 18.2 Å². The first-order chi connectivity index (χ1) is 19.0. The summed E-state index contributed by atoms with van der Waals surface area (Å²) < 4.78 is 18.8. The Hall–Kier alpha value is -3.40. The third-order valence-electron chi connectivity index (χ3n) is 7.92. The normalized spacial score (nSPS) is 17.3. The molecule has 7 nitrogen and oxygen atoms in total. The van der Waals surface area contributed by atoms with Crippen molar-refractivity contribution in [2.24, 2.45) is 0 Å². The van der Waals surface area contributed by atoms with Gasteiger partial charge in [-0.25, -0.2) is 9.59 Å². The van der Waals surface area contributed by atoms with Gasteiger partial charge >= 0.3 is 19.2 Å². The first-order valence-corrected chi connectivity index (χ1v) is 13.9. The Labute approximate surface area is 242 Å². The number of aromatic carboxylic acids is 1. The highest BCUT2D eigenvalue weighted by molar-refractivity contribution is 9.10. The van der Waals surface area contributed by atoms with Crippen LogP contribution in [-0.4, -0.2) is 48.6 Å². The molecule has 0 unspecified atom stereocenters. The van der Waals surface area contributed by atoms with E-state index in [0.717, 1.165) is 22.3 Å². The number of rotatable bonds is 7. The summed E-state index contributed by atoms with van der Waals surface area (Å²) in [5.41, 5.74) is 4.49. The second-order valence-corrected chi connectivity index (χ2v) is 11.9. The van der Waals surface area contributed by atoms with Crippen molar-refractivity contribution in [2.45, 2.75) is 44.8 Å². The molecule has 0 atom stereocenters. The van der Waals surface area contributed by atoms with Crippen LogP contribution in [0.2, 0.25) is 0 Å². The van der Waals surface area contributed by atoms with Gasteiger partial charge in [0.25, 0.3) is 0 Å². The quantitative estimate of drug-likeness (QED) is 0.292. The fourth-order valence-corrected chi connectivity index (χ4v) is 5.42. The molecule has 0 saturated carbocycles. The number of hydrogen-bond acceptors (Lipinski definition) is 5. The standard InChI is InChI=1S/C31H31BBrNO6/c1-30(2)31(3,4)40-32(39-30)20(15-19-13-14-21(33)16-26(19)28(35)36)17-34-29(37)38-18-27-24-11-7-5-9-22(24)23-10-6-8-12-25(23)27/h5-16,27H,17-18H2,1-4H3,(H,34,37)(H,35,36). The molecule has 40 heavy (non-hydrogen) atoms. The molecule has 1 aliphatic heterocycles. The lowest BCUT2D eigenvalue weighted by Crippen LogP contribution is -2.41. The Bertz CT molecular complexity index is 1440. The zero-order chi connectivity index (χ0) is 28.7. The Kier molecular flexibility index (Phi) is 7.65. The Morgan fingerprint density at radius 1 is 0.975 bits per heavy atom. The topological polar surface area (TPSA) is 94.1 Å². The van der Waals surface area contributed by atoms with Gasteiger partial charge in [-0.15, -0.1) is 0 Å². The monoisotopic (exact) mass is 603 g/mol. The number of carbonyl (C=O) groups excluding carboxylic acids is 1. The molecule has 3 aromatic carbocycles. The molecule has 0 radical (unpaired) electrons. The maximum absolute atomic E-state index is 12.9. The fraction of sp³-hybridized carbons (Fsp3) is 0.290. The molecule has 1 fully saturated rings. The molecular weight excluding hydrogens is 573 g/mol. The van der Waals surface area contributed by atoms with Crippen LogP contribution >= 0.6 is 15.9 Å². The first-order valence-electron chi connectivity index (χ1n) is 13.1. The number of nitrogens with one attached hydrogen (secondary N) is 1. The van der Waals surface area contributed by atoms with Gasteiger partial charge in [0.05, 0.1) is 16.8 Å². The van der Waals surface area contributed by atoms with Crippen molar-refractivity contribution in [3.05, 3.63) is 98.9 Å². The molecule has 206 valence electrons. The van der Waals surface area contributed by atoms with Crippen LogP contribution in [0.5, 0.6) is 0 Å². The van der Waals surface area contributed by atoms with E-state index >= 15 is 0 Å². The van der Waals surface area contributed by atoms with Crippen LogP contribution in [0.15, 0.2) is 76.7 Å². The molecule has 9 heteroatoms. The van der Waals surface area contributed by atoms with Crippen molar-refractivity contribution in [3.63, 3.8) is 0 Å².